The molecule has 0 unspecified atom stereocenters. The van der Waals surface area contributed by atoms with Gasteiger partial charge in [-0.2, -0.15) is 4.72 Å². The third kappa shape index (κ3) is 4.57. The van der Waals surface area contributed by atoms with Crippen molar-refractivity contribution in [2.75, 3.05) is 13.1 Å². The van der Waals surface area contributed by atoms with Gasteiger partial charge >= 0.3 is 0 Å². The largest absolute Gasteiger partial charge is 0.341 e. The summed E-state index contributed by atoms with van der Waals surface area (Å²) in [5.41, 5.74) is 1.03. The molecule has 0 saturated carbocycles. The van der Waals surface area contributed by atoms with Gasteiger partial charge in [0.15, 0.2) is 0 Å². The molecule has 1 amide bonds. The van der Waals surface area contributed by atoms with E-state index >= 15 is 0 Å². The SMILES string of the molecule is C[C@H](NS(=O)(=O)c1ccc(C(C)(C)C)cc1)C(=O)N1CCCCC1. The Bertz CT molecular complexity index is 669. The van der Waals surface area contributed by atoms with Crippen LogP contribution in [0.1, 0.15) is 52.5 Å². The van der Waals surface area contributed by atoms with Crippen molar-refractivity contribution >= 4 is 15.9 Å². The fraction of sp³-hybridized carbons (Fsp3) is 0.611. The molecular formula is C18H28N2O3S. The molecule has 5 nitrogen and oxygen atoms in total. The Hall–Kier alpha value is -1.40. The molecule has 1 fully saturated rings. The summed E-state index contributed by atoms with van der Waals surface area (Å²) >= 11 is 0. The van der Waals surface area contributed by atoms with Crippen molar-refractivity contribution in [3.8, 4) is 0 Å². The Morgan fingerprint density at radius 2 is 1.62 bits per heavy atom. The highest BCUT2D eigenvalue weighted by atomic mass is 32.2. The van der Waals surface area contributed by atoms with Crippen molar-refractivity contribution < 1.29 is 13.2 Å². The van der Waals surface area contributed by atoms with Crippen molar-refractivity contribution in [2.24, 2.45) is 0 Å². The van der Waals surface area contributed by atoms with Gasteiger partial charge < -0.3 is 4.90 Å². The third-order valence-electron chi connectivity index (χ3n) is 4.40. The number of likely N-dealkylation sites (tertiary alicyclic amines) is 1. The summed E-state index contributed by atoms with van der Waals surface area (Å²) < 4.78 is 27.5. The van der Waals surface area contributed by atoms with E-state index in [-0.39, 0.29) is 16.2 Å². The van der Waals surface area contributed by atoms with Gasteiger partial charge in [-0.15, -0.1) is 0 Å². The van der Waals surface area contributed by atoms with Crippen LogP contribution in [0, 0.1) is 0 Å². The molecule has 1 saturated heterocycles. The smallest absolute Gasteiger partial charge is 0.241 e. The Morgan fingerprint density at radius 1 is 1.08 bits per heavy atom. The Kier molecular flexibility index (Phi) is 5.71. The molecule has 2 rings (SSSR count). The van der Waals surface area contributed by atoms with Gasteiger partial charge in [-0.25, -0.2) is 8.42 Å². The highest BCUT2D eigenvalue weighted by Gasteiger charge is 2.27. The van der Waals surface area contributed by atoms with Crippen molar-refractivity contribution in [3.63, 3.8) is 0 Å². The van der Waals surface area contributed by atoms with E-state index < -0.39 is 16.1 Å². The van der Waals surface area contributed by atoms with E-state index in [2.05, 4.69) is 25.5 Å². The molecule has 0 aromatic heterocycles. The summed E-state index contributed by atoms with van der Waals surface area (Å²) in [6.45, 7) is 9.27. The maximum absolute atomic E-state index is 12.5. The van der Waals surface area contributed by atoms with E-state index in [1.165, 1.54) is 0 Å². The van der Waals surface area contributed by atoms with Crippen LogP contribution >= 0.6 is 0 Å². The van der Waals surface area contributed by atoms with Crippen molar-refractivity contribution in [3.05, 3.63) is 29.8 Å². The van der Waals surface area contributed by atoms with E-state index in [1.807, 2.05) is 12.1 Å². The monoisotopic (exact) mass is 352 g/mol. The molecular weight excluding hydrogens is 324 g/mol. The van der Waals surface area contributed by atoms with Gasteiger partial charge in [0.2, 0.25) is 15.9 Å². The number of sulfonamides is 1. The summed E-state index contributed by atoms with van der Waals surface area (Å²) in [6.07, 6.45) is 3.10. The lowest BCUT2D eigenvalue weighted by molar-refractivity contribution is -0.133. The quantitative estimate of drug-likeness (QED) is 0.906. The van der Waals surface area contributed by atoms with Crippen LogP contribution < -0.4 is 4.72 Å². The molecule has 0 radical (unpaired) electrons. The summed E-state index contributed by atoms with van der Waals surface area (Å²) in [5.74, 6) is -0.149. The minimum Gasteiger partial charge on any atom is -0.341 e. The Labute approximate surface area is 145 Å². The van der Waals surface area contributed by atoms with Gasteiger partial charge in [-0.3, -0.25) is 4.79 Å². The maximum atomic E-state index is 12.5. The lowest BCUT2D eigenvalue weighted by atomic mass is 9.87. The highest BCUT2D eigenvalue weighted by molar-refractivity contribution is 7.89. The molecule has 1 aromatic carbocycles. The second-order valence-electron chi connectivity index (χ2n) is 7.50. The molecule has 134 valence electrons. The number of carbonyl (C=O) groups is 1. The third-order valence-corrected chi connectivity index (χ3v) is 5.96. The van der Waals surface area contributed by atoms with Crippen molar-refractivity contribution in [1.82, 2.24) is 9.62 Å². The van der Waals surface area contributed by atoms with Gasteiger partial charge in [0.05, 0.1) is 10.9 Å². The Balaban J connectivity index is 2.08. The van der Waals surface area contributed by atoms with Crippen LogP contribution in [0.5, 0.6) is 0 Å². The predicted molar refractivity (Wildman–Crippen MR) is 95.4 cm³/mol. The number of rotatable bonds is 4. The number of piperidine rings is 1. The second kappa shape index (κ2) is 7.23. The number of nitrogens with one attached hydrogen (secondary N) is 1. The van der Waals surface area contributed by atoms with Gasteiger partial charge in [0, 0.05) is 13.1 Å². The van der Waals surface area contributed by atoms with Crippen LogP contribution in [-0.2, 0) is 20.2 Å². The first-order valence-electron chi connectivity index (χ1n) is 8.53. The number of hydrogen-bond donors (Lipinski definition) is 1. The fourth-order valence-corrected chi connectivity index (χ4v) is 4.07. The molecule has 6 heteroatoms. The lowest BCUT2D eigenvalue weighted by Crippen LogP contribution is -2.48. The van der Waals surface area contributed by atoms with E-state index in [0.29, 0.717) is 13.1 Å². The number of benzene rings is 1. The molecule has 1 atom stereocenters. The van der Waals surface area contributed by atoms with E-state index in [4.69, 9.17) is 0 Å². The van der Waals surface area contributed by atoms with Crippen LogP contribution in [0.4, 0.5) is 0 Å². The summed E-state index contributed by atoms with van der Waals surface area (Å²) in [4.78, 5) is 14.3. The molecule has 0 aliphatic carbocycles. The zero-order valence-corrected chi connectivity index (χ0v) is 15.8. The number of nitrogens with zero attached hydrogens (tertiary/aromatic N) is 1. The predicted octanol–water partition coefficient (Wildman–Crippen LogP) is 2.66. The molecule has 0 bridgehead atoms. The summed E-state index contributed by atoms with van der Waals surface area (Å²) in [5, 5.41) is 0. The van der Waals surface area contributed by atoms with Crippen LogP contribution in [-0.4, -0.2) is 38.4 Å². The highest BCUT2D eigenvalue weighted by Crippen LogP contribution is 2.23. The first kappa shape index (κ1) is 18.9. The van der Waals surface area contributed by atoms with E-state index in [1.54, 1.807) is 24.0 Å². The topological polar surface area (TPSA) is 66.5 Å². The van der Waals surface area contributed by atoms with Gasteiger partial charge in [-0.1, -0.05) is 32.9 Å². The zero-order valence-electron chi connectivity index (χ0n) is 15.0. The summed E-state index contributed by atoms with van der Waals surface area (Å²) in [7, 11) is -3.70. The van der Waals surface area contributed by atoms with E-state index in [0.717, 1.165) is 24.8 Å². The molecule has 24 heavy (non-hydrogen) atoms. The van der Waals surface area contributed by atoms with Crippen molar-refractivity contribution in [1.29, 1.82) is 0 Å². The molecule has 1 aromatic rings. The average Bonchev–Trinajstić information content (AvgIpc) is 2.54. The number of hydrogen-bond acceptors (Lipinski definition) is 3. The molecule has 1 N–H and O–H groups in total. The standard InChI is InChI=1S/C18H28N2O3S/c1-14(17(21)20-12-6-5-7-13-20)19-24(22,23)16-10-8-15(9-11-16)18(2,3)4/h8-11,14,19H,5-7,12-13H2,1-4H3/t14-/m0/s1. The summed E-state index contributed by atoms with van der Waals surface area (Å²) in [6, 6.07) is 6.09. The molecule has 1 aliphatic heterocycles. The number of carbonyl (C=O) groups excluding carboxylic acids is 1. The molecule has 0 spiro atoms. The minimum absolute atomic E-state index is 0.0345. The normalized spacial score (nSPS) is 17.6. The average molecular weight is 353 g/mol. The first-order chi connectivity index (χ1) is 11.1. The maximum Gasteiger partial charge on any atom is 0.241 e. The molecule has 1 heterocycles. The van der Waals surface area contributed by atoms with Gasteiger partial charge in [-0.05, 0) is 49.3 Å². The van der Waals surface area contributed by atoms with Gasteiger partial charge in [0.1, 0.15) is 0 Å². The van der Waals surface area contributed by atoms with Crippen LogP contribution in [0.15, 0.2) is 29.2 Å². The Morgan fingerprint density at radius 3 is 2.12 bits per heavy atom. The van der Waals surface area contributed by atoms with E-state index in [9.17, 15) is 13.2 Å². The second-order valence-corrected chi connectivity index (χ2v) is 9.22. The van der Waals surface area contributed by atoms with Crippen LogP contribution in [0.2, 0.25) is 0 Å². The van der Waals surface area contributed by atoms with Crippen molar-refractivity contribution in [2.45, 2.75) is 63.3 Å². The zero-order chi connectivity index (χ0) is 18.0. The lowest BCUT2D eigenvalue weighted by Gasteiger charge is -2.29. The first-order valence-corrected chi connectivity index (χ1v) is 10.0. The molecule has 1 aliphatic rings. The van der Waals surface area contributed by atoms with Crippen LogP contribution in [0.3, 0.4) is 0 Å². The van der Waals surface area contributed by atoms with Gasteiger partial charge in [0.25, 0.3) is 0 Å². The van der Waals surface area contributed by atoms with Crippen LogP contribution in [0.25, 0.3) is 0 Å². The minimum atomic E-state index is -3.70. The number of amides is 1. The fourth-order valence-electron chi connectivity index (χ4n) is 2.87.